The third-order valence-corrected chi connectivity index (χ3v) is 5.26. The summed E-state index contributed by atoms with van der Waals surface area (Å²) in [6.07, 6.45) is 8.34. The molecule has 2 aliphatic carbocycles. The molecule has 3 rings (SSSR count). The zero-order valence-electron chi connectivity index (χ0n) is 13.6. The topological polar surface area (TPSA) is 15.3 Å². The van der Waals surface area contributed by atoms with E-state index in [1.54, 1.807) is 0 Å². The van der Waals surface area contributed by atoms with E-state index in [0.717, 1.165) is 31.1 Å². The molecule has 0 aromatic heterocycles. The molecule has 2 fully saturated rings. The van der Waals surface area contributed by atoms with Crippen LogP contribution in [0, 0.1) is 5.92 Å². The molecule has 2 atom stereocenters. The number of nitrogens with one attached hydrogen (secondary N) is 1. The van der Waals surface area contributed by atoms with Crippen molar-refractivity contribution in [3.8, 4) is 0 Å². The van der Waals surface area contributed by atoms with Crippen LogP contribution < -0.4 is 5.32 Å². The van der Waals surface area contributed by atoms with Crippen molar-refractivity contribution in [2.24, 2.45) is 5.92 Å². The first-order valence-corrected chi connectivity index (χ1v) is 8.74. The zero-order chi connectivity index (χ0) is 14.7. The number of hydrogen-bond acceptors (Lipinski definition) is 2. The molecular weight excluding hydrogens is 256 g/mol. The lowest BCUT2D eigenvalue weighted by molar-refractivity contribution is 0.133. The smallest absolute Gasteiger partial charge is 0.0233 e. The van der Waals surface area contributed by atoms with E-state index in [2.05, 4.69) is 48.5 Å². The molecule has 2 unspecified atom stereocenters. The Labute approximate surface area is 129 Å². The van der Waals surface area contributed by atoms with E-state index in [1.807, 2.05) is 0 Å². The van der Waals surface area contributed by atoms with Crippen molar-refractivity contribution in [1.29, 1.82) is 0 Å². The Hall–Kier alpha value is -0.860. The van der Waals surface area contributed by atoms with Crippen LogP contribution in [0.4, 0.5) is 0 Å². The highest BCUT2D eigenvalue weighted by Crippen LogP contribution is 2.28. The lowest BCUT2D eigenvalue weighted by atomic mass is 9.85. The van der Waals surface area contributed by atoms with Crippen LogP contribution in [0.2, 0.25) is 0 Å². The molecule has 2 nitrogen and oxygen atoms in total. The van der Waals surface area contributed by atoms with Crippen LogP contribution in [0.5, 0.6) is 0 Å². The molecule has 2 heteroatoms. The van der Waals surface area contributed by atoms with Crippen LogP contribution in [0.3, 0.4) is 0 Å². The predicted octanol–water partition coefficient (Wildman–Crippen LogP) is 3.95. The average molecular weight is 286 g/mol. The minimum absolute atomic E-state index is 0.773. The standard InChI is InChI=1S/C19H30N2/c1-15-5-3-4-6-19(15)21(2)14-17-9-7-16(8-10-17)13-20-18-11-12-18/h7-10,15,18-20H,3-6,11-14H2,1-2H3. The van der Waals surface area contributed by atoms with Crippen molar-refractivity contribution in [2.45, 2.75) is 70.6 Å². The van der Waals surface area contributed by atoms with Gasteiger partial charge in [-0.2, -0.15) is 0 Å². The van der Waals surface area contributed by atoms with Crippen molar-refractivity contribution in [1.82, 2.24) is 10.2 Å². The summed E-state index contributed by atoms with van der Waals surface area (Å²) >= 11 is 0. The average Bonchev–Trinajstić information content (AvgIpc) is 3.31. The van der Waals surface area contributed by atoms with Gasteiger partial charge < -0.3 is 5.32 Å². The van der Waals surface area contributed by atoms with Gasteiger partial charge in [0.05, 0.1) is 0 Å². The first kappa shape index (κ1) is 15.1. The number of rotatable bonds is 6. The number of hydrogen-bond donors (Lipinski definition) is 1. The van der Waals surface area contributed by atoms with Crippen molar-refractivity contribution in [3.63, 3.8) is 0 Å². The highest BCUT2D eigenvalue weighted by Gasteiger charge is 2.24. The van der Waals surface area contributed by atoms with Crippen LogP contribution in [-0.4, -0.2) is 24.0 Å². The summed E-state index contributed by atoms with van der Waals surface area (Å²) in [6, 6.07) is 10.8. The van der Waals surface area contributed by atoms with Gasteiger partial charge in [-0.15, -0.1) is 0 Å². The highest BCUT2D eigenvalue weighted by atomic mass is 15.1. The van der Waals surface area contributed by atoms with Crippen molar-refractivity contribution in [2.75, 3.05) is 7.05 Å². The molecule has 1 N–H and O–H groups in total. The molecule has 0 amide bonds. The summed E-state index contributed by atoms with van der Waals surface area (Å²) in [7, 11) is 2.30. The van der Waals surface area contributed by atoms with Crippen LogP contribution in [0.25, 0.3) is 0 Å². The van der Waals surface area contributed by atoms with Crippen molar-refractivity contribution >= 4 is 0 Å². The fourth-order valence-electron chi connectivity index (χ4n) is 3.67. The van der Waals surface area contributed by atoms with Gasteiger partial charge in [0.15, 0.2) is 0 Å². The molecule has 2 aliphatic rings. The second-order valence-electron chi connectivity index (χ2n) is 7.22. The van der Waals surface area contributed by atoms with E-state index < -0.39 is 0 Å². The molecule has 2 saturated carbocycles. The van der Waals surface area contributed by atoms with Gasteiger partial charge in [0.25, 0.3) is 0 Å². The van der Waals surface area contributed by atoms with E-state index in [0.29, 0.717) is 0 Å². The fraction of sp³-hybridized carbons (Fsp3) is 0.684. The van der Waals surface area contributed by atoms with Gasteiger partial charge in [-0.05, 0) is 49.8 Å². The Balaban J connectivity index is 1.51. The maximum absolute atomic E-state index is 3.58. The Bertz CT molecular complexity index is 435. The van der Waals surface area contributed by atoms with Crippen molar-refractivity contribution in [3.05, 3.63) is 35.4 Å². The van der Waals surface area contributed by atoms with E-state index in [1.165, 1.54) is 49.7 Å². The minimum Gasteiger partial charge on any atom is -0.310 e. The molecule has 0 heterocycles. The van der Waals surface area contributed by atoms with E-state index in [4.69, 9.17) is 0 Å². The quantitative estimate of drug-likeness (QED) is 0.852. The molecule has 1 aromatic rings. The first-order chi connectivity index (χ1) is 10.2. The van der Waals surface area contributed by atoms with Gasteiger partial charge in [0.2, 0.25) is 0 Å². The van der Waals surface area contributed by atoms with Gasteiger partial charge in [-0.1, -0.05) is 44.0 Å². The summed E-state index contributed by atoms with van der Waals surface area (Å²) < 4.78 is 0. The minimum atomic E-state index is 0.773. The van der Waals surface area contributed by atoms with Gasteiger partial charge >= 0.3 is 0 Å². The lowest BCUT2D eigenvalue weighted by Crippen LogP contribution is -2.38. The van der Waals surface area contributed by atoms with Gasteiger partial charge in [-0.25, -0.2) is 0 Å². The van der Waals surface area contributed by atoms with Crippen LogP contribution in [0.15, 0.2) is 24.3 Å². The maximum Gasteiger partial charge on any atom is 0.0233 e. The second-order valence-corrected chi connectivity index (χ2v) is 7.22. The largest absolute Gasteiger partial charge is 0.310 e. The van der Waals surface area contributed by atoms with Crippen molar-refractivity contribution < 1.29 is 0 Å². The Morgan fingerprint density at radius 1 is 1.00 bits per heavy atom. The van der Waals surface area contributed by atoms with Gasteiger partial charge in [0, 0.05) is 25.2 Å². The lowest BCUT2D eigenvalue weighted by Gasteiger charge is -2.36. The van der Waals surface area contributed by atoms with Crippen LogP contribution >= 0.6 is 0 Å². The van der Waals surface area contributed by atoms with E-state index >= 15 is 0 Å². The zero-order valence-corrected chi connectivity index (χ0v) is 13.6. The molecule has 1 aromatic carbocycles. The monoisotopic (exact) mass is 286 g/mol. The van der Waals surface area contributed by atoms with E-state index in [9.17, 15) is 0 Å². The third kappa shape index (κ3) is 4.31. The second kappa shape index (κ2) is 6.93. The van der Waals surface area contributed by atoms with E-state index in [-0.39, 0.29) is 0 Å². The Morgan fingerprint density at radius 2 is 1.67 bits per heavy atom. The van der Waals surface area contributed by atoms with Gasteiger partial charge in [0.1, 0.15) is 0 Å². The molecule has 0 radical (unpaired) electrons. The first-order valence-electron chi connectivity index (χ1n) is 8.74. The maximum atomic E-state index is 3.58. The number of nitrogens with zero attached hydrogens (tertiary/aromatic N) is 1. The van der Waals surface area contributed by atoms with Gasteiger partial charge in [-0.3, -0.25) is 4.90 Å². The number of benzene rings is 1. The molecule has 21 heavy (non-hydrogen) atoms. The molecule has 116 valence electrons. The van der Waals surface area contributed by atoms with Crippen LogP contribution in [-0.2, 0) is 13.1 Å². The molecule has 0 spiro atoms. The Morgan fingerprint density at radius 3 is 2.33 bits per heavy atom. The molecule has 0 aliphatic heterocycles. The predicted molar refractivity (Wildman–Crippen MR) is 89.2 cm³/mol. The summed E-state index contributed by atoms with van der Waals surface area (Å²) in [5, 5.41) is 3.58. The molecule has 0 bridgehead atoms. The molecular formula is C19H30N2. The Kier molecular flexibility index (Phi) is 4.97. The summed E-state index contributed by atoms with van der Waals surface area (Å²) in [5.41, 5.74) is 2.87. The normalized spacial score (nSPS) is 26.2. The summed E-state index contributed by atoms with van der Waals surface area (Å²) in [4.78, 5) is 2.57. The highest BCUT2D eigenvalue weighted by molar-refractivity contribution is 5.22. The summed E-state index contributed by atoms with van der Waals surface area (Å²) in [6.45, 7) is 4.54. The fourth-order valence-corrected chi connectivity index (χ4v) is 3.67. The summed E-state index contributed by atoms with van der Waals surface area (Å²) in [5.74, 6) is 0.853. The third-order valence-electron chi connectivity index (χ3n) is 5.26. The van der Waals surface area contributed by atoms with Crippen LogP contribution in [0.1, 0.15) is 56.6 Å². The SMILES string of the molecule is CC1CCCCC1N(C)Cc1ccc(CNC2CC2)cc1. The molecule has 0 saturated heterocycles.